The zero-order chi connectivity index (χ0) is 14.3. The zero-order valence-electron chi connectivity index (χ0n) is 12.1. The van der Waals surface area contributed by atoms with Crippen LogP contribution in [0.3, 0.4) is 0 Å². The first kappa shape index (κ1) is 14.0. The number of hydrogen-bond donors (Lipinski definition) is 1. The Morgan fingerprint density at radius 2 is 1.53 bits per heavy atom. The van der Waals surface area contributed by atoms with E-state index in [1.54, 1.807) is 0 Å². The maximum Gasteiger partial charge on any atom is 0.221 e. The number of carbonyl (C=O) groups is 1. The third kappa shape index (κ3) is 2.80. The summed E-state index contributed by atoms with van der Waals surface area (Å²) in [5.74, 6) is -0.0802. The standard InChI is InChI=1S/C15H21NO3/c1-10(17)16-12-8-6-11(7-9-12)13-18-14(2,3)15(4,5)19-13/h6-9,13H,1-5H3,(H,16,17). The third-order valence-corrected chi connectivity index (χ3v) is 3.76. The van der Waals surface area contributed by atoms with Crippen LogP contribution < -0.4 is 5.32 Å². The van der Waals surface area contributed by atoms with Gasteiger partial charge in [0.1, 0.15) is 0 Å². The highest BCUT2D eigenvalue weighted by Crippen LogP contribution is 2.44. The van der Waals surface area contributed by atoms with E-state index in [2.05, 4.69) is 5.32 Å². The molecule has 0 unspecified atom stereocenters. The minimum Gasteiger partial charge on any atom is -0.339 e. The maximum absolute atomic E-state index is 11.0. The molecule has 0 radical (unpaired) electrons. The van der Waals surface area contributed by atoms with Gasteiger partial charge in [-0.1, -0.05) is 12.1 Å². The molecule has 1 saturated heterocycles. The van der Waals surface area contributed by atoms with Gasteiger partial charge in [-0.3, -0.25) is 4.79 Å². The zero-order valence-corrected chi connectivity index (χ0v) is 12.1. The molecule has 1 amide bonds. The number of rotatable bonds is 2. The summed E-state index contributed by atoms with van der Waals surface area (Å²) < 4.78 is 11.9. The van der Waals surface area contributed by atoms with Crippen molar-refractivity contribution in [2.45, 2.75) is 52.1 Å². The predicted octanol–water partition coefficient (Wildman–Crippen LogP) is 3.25. The average molecular weight is 263 g/mol. The van der Waals surface area contributed by atoms with E-state index in [4.69, 9.17) is 9.47 Å². The van der Waals surface area contributed by atoms with Crippen LogP contribution >= 0.6 is 0 Å². The summed E-state index contributed by atoms with van der Waals surface area (Å²) in [5.41, 5.74) is 1.04. The first-order chi connectivity index (χ1) is 8.71. The molecule has 19 heavy (non-hydrogen) atoms. The quantitative estimate of drug-likeness (QED) is 0.891. The summed E-state index contributed by atoms with van der Waals surface area (Å²) >= 11 is 0. The van der Waals surface area contributed by atoms with E-state index in [1.165, 1.54) is 6.92 Å². The lowest BCUT2D eigenvalue weighted by molar-refractivity contribution is -0.114. The van der Waals surface area contributed by atoms with Gasteiger partial charge in [0.15, 0.2) is 6.29 Å². The monoisotopic (exact) mass is 263 g/mol. The van der Waals surface area contributed by atoms with Gasteiger partial charge in [-0.2, -0.15) is 0 Å². The van der Waals surface area contributed by atoms with Crippen molar-refractivity contribution in [1.82, 2.24) is 0 Å². The van der Waals surface area contributed by atoms with E-state index in [-0.39, 0.29) is 23.4 Å². The molecule has 1 aliphatic heterocycles. The van der Waals surface area contributed by atoms with E-state index in [1.807, 2.05) is 52.0 Å². The van der Waals surface area contributed by atoms with Crippen LogP contribution in [-0.4, -0.2) is 17.1 Å². The van der Waals surface area contributed by atoms with Crippen LogP contribution in [-0.2, 0) is 14.3 Å². The van der Waals surface area contributed by atoms with Crippen molar-refractivity contribution in [3.63, 3.8) is 0 Å². The minimum absolute atomic E-state index is 0.0802. The van der Waals surface area contributed by atoms with Crippen molar-refractivity contribution >= 4 is 11.6 Å². The molecule has 0 atom stereocenters. The Bertz CT molecular complexity index is 461. The second kappa shape index (κ2) is 4.62. The topological polar surface area (TPSA) is 47.6 Å². The lowest BCUT2D eigenvalue weighted by atomic mass is 9.90. The smallest absolute Gasteiger partial charge is 0.221 e. The molecular formula is C15H21NO3. The van der Waals surface area contributed by atoms with E-state index in [9.17, 15) is 4.79 Å². The number of benzene rings is 1. The number of nitrogens with one attached hydrogen (secondary N) is 1. The van der Waals surface area contributed by atoms with Crippen LogP contribution in [0.5, 0.6) is 0 Å². The molecule has 0 spiro atoms. The molecule has 1 heterocycles. The predicted molar refractivity (Wildman–Crippen MR) is 73.8 cm³/mol. The number of anilines is 1. The van der Waals surface area contributed by atoms with Crippen LogP contribution in [0.1, 0.15) is 46.5 Å². The molecule has 1 fully saturated rings. The minimum atomic E-state index is -0.364. The molecule has 1 aromatic carbocycles. The lowest BCUT2D eigenvalue weighted by Gasteiger charge is -2.30. The van der Waals surface area contributed by atoms with Crippen LogP contribution in [0.25, 0.3) is 0 Å². The highest BCUT2D eigenvalue weighted by molar-refractivity contribution is 5.88. The molecule has 2 rings (SSSR count). The maximum atomic E-state index is 11.0. The molecule has 104 valence electrons. The summed E-state index contributed by atoms with van der Waals surface area (Å²) in [6.45, 7) is 9.59. The van der Waals surface area contributed by atoms with Crippen molar-refractivity contribution in [3.05, 3.63) is 29.8 Å². The van der Waals surface area contributed by atoms with Gasteiger partial charge in [-0.25, -0.2) is 0 Å². The summed E-state index contributed by atoms with van der Waals surface area (Å²) in [6, 6.07) is 7.52. The number of carbonyl (C=O) groups excluding carboxylic acids is 1. The van der Waals surface area contributed by atoms with Crippen molar-refractivity contribution in [3.8, 4) is 0 Å². The van der Waals surface area contributed by atoms with E-state index >= 15 is 0 Å². The van der Waals surface area contributed by atoms with Gasteiger partial charge >= 0.3 is 0 Å². The third-order valence-electron chi connectivity index (χ3n) is 3.76. The second-order valence-corrected chi connectivity index (χ2v) is 5.89. The molecule has 4 nitrogen and oxygen atoms in total. The van der Waals surface area contributed by atoms with Crippen molar-refractivity contribution < 1.29 is 14.3 Å². The van der Waals surface area contributed by atoms with E-state index in [0.29, 0.717) is 0 Å². The number of ether oxygens (including phenoxy) is 2. The Morgan fingerprint density at radius 3 is 1.95 bits per heavy atom. The Hall–Kier alpha value is -1.39. The highest BCUT2D eigenvalue weighted by atomic mass is 16.7. The van der Waals surface area contributed by atoms with Crippen LogP contribution in [0, 0.1) is 0 Å². The van der Waals surface area contributed by atoms with Gasteiger partial charge in [0.25, 0.3) is 0 Å². The van der Waals surface area contributed by atoms with Gasteiger partial charge in [0, 0.05) is 18.2 Å². The summed E-state index contributed by atoms with van der Waals surface area (Å²) in [6.07, 6.45) is -0.364. The summed E-state index contributed by atoms with van der Waals surface area (Å²) in [5, 5.41) is 2.73. The van der Waals surface area contributed by atoms with Gasteiger partial charge in [0.05, 0.1) is 11.2 Å². The largest absolute Gasteiger partial charge is 0.339 e. The fourth-order valence-electron chi connectivity index (χ4n) is 1.91. The normalized spacial score (nSPS) is 21.3. The Kier molecular flexibility index (Phi) is 3.41. The molecular weight excluding hydrogens is 242 g/mol. The van der Waals surface area contributed by atoms with Gasteiger partial charge in [0.2, 0.25) is 5.91 Å². The first-order valence-corrected chi connectivity index (χ1v) is 6.44. The van der Waals surface area contributed by atoms with Crippen LogP contribution in [0.15, 0.2) is 24.3 Å². The van der Waals surface area contributed by atoms with E-state index < -0.39 is 0 Å². The number of hydrogen-bond acceptors (Lipinski definition) is 3. The average Bonchev–Trinajstić information content (AvgIpc) is 2.48. The highest BCUT2D eigenvalue weighted by Gasteiger charge is 2.49. The van der Waals surface area contributed by atoms with Crippen molar-refractivity contribution in [2.75, 3.05) is 5.32 Å². The van der Waals surface area contributed by atoms with Gasteiger partial charge in [-0.05, 0) is 39.8 Å². The fraction of sp³-hybridized carbons (Fsp3) is 0.533. The van der Waals surface area contributed by atoms with Crippen LogP contribution in [0.4, 0.5) is 5.69 Å². The molecule has 0 saturated carbocycles. The van der Waals surface area contributed by atoms with Gasteiger partial charge < -0.3 is 14.8 Å². The molecule has 0 aliphatic carbocycles. The van der Waals surface area contributed by atoms with Crippen molar-refractivity contribution in [1.29, 1.82) is 0 Å². The molecule has 1 aromatic rings. The number of amides is 1. The summed E-state index contributed by atoms with van der Waals surface area (Å²) in [4.78, 5) is 11.0. The molecule has 0 aromatic heterocycles. The Labute approximate surface area is 114 Å². The Balaban J connectivity index is 2.14. The fourth-order valence-corrected chi connectivity index (χ4v) is 1.91. The molecule has 0 bridgehead atoms. The Morgan fingerprint density at radius 1 is 1.05 bits per heavy atom. The SMILES string of the molecule is CC(=O)Nc1ccc(C2OC(C)(C)C(C)(C)O2)cc1. The second-order valence-electron chi connectivity index (χ2n) is 5.89. The first-order valence-electron chi connectivity index (χ1n) is 6.44. The summed E-state index contributed by atoms with van der Waals surface area (Å²) in [7, 11) is 0. The lowest BCUT2D eigenvalue weighted by Crippen LogP contribution is -2.41. The molecule has 4 heteroatoms. The molecule has 1 aliphatic rings. The van der Waals surface area contributed by atoms with Crippen molar-refractivity contribution in [2.24, 2.45) is 0 Å². The van der Waals surface area contributed by atoms with Gasteiger partial charge in [-0.15, -0.1) is 0 Å². The molecule has 1 N–H and O–H groups in total. The van der Waals surface area contributed by atoms with E-state index in [0.717, 1.165) is 11.3 Å². The van der Waals surface area contributed by atoms with Crippen LogP contribution in [0.2, 0.25) is 0 Å².